The van der Waals surface area contributed by atoms with Crippen LogP contribution in [0.4, 0.5) is 5.82 Å². The van der Waals surface area contributed by atoms with Crippen molar-refractivity contribution in [2.45, 2.75) is 26.3 Å². The van der Waals surface area contributed by atoms with Crippen molar-refractivity contribution in [3.63, 3.8) is 0 Å². The summed E-state index contributed by atoms with van der Waals surface area (Å²) in [5, 5.41) is 12.3. The molecule has 2 aromatic heterocycles. The molecule has 0 spiro atoms. The van der Waals surface area contributed by atoms with Crippen LogP contribution >= 0.6 is 27.3 Å². The highest BCUT2D eigenvalue weighted by atomic mass is 79.9. The third kappa shape index (κ3) is 3.80. The Bertz CT molecular complexity index is 625. The number of anilines is 1. The summed E-state index contributed by atoms with van der Waals surface area (Å²) >= 11 is 5.06. The van der Waals surface area contributed by atoms with Crippen LogP contribution in [-0.4, -0.2) is 16.1 Å². The van der Waals surface area contributed by atoms with E-state index in [0.717, 1.165) is 14.4 Å². The summed E-state index contributed by atoms with van der Waals surface area (Å²) in [6.45, 7) is 4.62. The van der Waals surface area contributed by atoms with Crippen molar-refractivity contribution in [1.82, 2.24) is 4.98 Å². The lowest BCUT2D eigenvalue weighted by Crippen LogP contribution is -2.06. The van der Waals surface area contributed by atoms with Crippen molar-refractivity contribution in [3.8, 4) is 0 Å². The first kappa shape index (κ1) is 15.0. The second kappa shape index (κ2) is 6.37. The summed E-state index contributed by atoms with van der Waals surface area (Å²) in [6, 6.07) is 7.20. The highest BCUT2D eigenvalue weighted by Crippen LogP contribution is 2.23. The number of nitrogens with zero attached hydrogens (tertiary/aromatic N) is 1. The lowest BCUT2D eigenvalue weighted by molar-refractivity contribution is 0.0696. The van der Waals surface area contributed by atoms with Gasteiger partial charge in [-0.15, -0.1) is 11.3 Å². The topological polar surface area (TPSA) is 62.2 Å². The summed E-state index contributed by atoms with van der Waals surface area (Å²) in [7, 11) is 0. The Kier molecular flexibility index (Phi) is 4.77. The molecule has 2 heterocycles. The predicted octanol–water partition coefficient (Wildman–Crippen LogP) is 4.34. The fourth-order valence-electron chi connectivity index (χ4n) is 1.69. The molecule has 0 unspecified atom stereocenters. The molecule has 0 aliphatic rings. The standard InChI is InChI=1S/C14H15BrN2O2S/c1-8(2)11-5-9(14(18)19)6-13(17-11)16-7-10-3-4-12(15)20-10/h3-6,8H,7H2,1-2H3,(H,16,17)(H,18,19). The summed E-state index contributed by atoms with van der Waals surface area (Å²) in [6.07, 6.45) is 0. The van der Waals surface area contributed by atoms with Gasteiger partial charge in [0.05, 0.1) is 15.9 Å². The number of aromatic carboxylic acids is 1. The number of hydrogen-bond donors (Lipinski definition) is 2. The zero-order valence-electron chi connectivity index (χ0n) is 11.2. The van der Waals surface area contributed by atoms with Gasteiger partial charge >= 0.3 is 5.97 Å². The Labute approximate surface area is 130 Å². The maximum atomic E-state index is 11.1. The van der Waals surface area contributed by atoms with E-state index >= 15 is 0 Å². The fourth-order valence-corrected chi connectivity index (χ4v) is 3.11. The molecule has 0 bridgehead atoms. The number of thiophene rings is 1. The number of halogens is 1. The van der Waals surface area contributed by atoms with Crippen LogP contribution < -0.4 is 5.32 Å². The molecule has 0 radical (unpaired) electrons. The highest BCUT2D eigenvalue weighted by molar-refractivity contribution is 9.11. The molecular formula is C14H15BrN2O2S. The molecule has 106 valence electrons. The van der Waals surface area contributed by atoms with E-state index in [9.17, 15) is 4.79 Å². The van der Waals surface area contributed by atoms with E-state index < -0.39 is 5.97 Å². The normalized spacial score (nSPS) is 10.8. The van der Waals surface area contributed by atoms with Gasteiger partial charge in [0.25, 0.3) is 0 Å². The first-order chi connectivity index (χ1) is 9.45. The average Bonchev–Trinajstić information content (AvgIpc) is 2.81. The molecule has 2 N–H and O–H groups in total. The van der Waals surface area contributed by atoms with E-state index in [0.29, 0.717) is 12.4 Å². The van der Waals surface area contributed by atoms with Crippen LogP contribution in [-0.2, 0) is 6.54 Å². The highest BCUT2D eigenvalue weighted by Gasteiger charge is 2.11. The number of pyridine rings is 1. The number of nitrogens with one attached hydrogen (secondary N) is 1. The minimum atomic E-state index is -0.934. The number of carbonyl (C=O) groups is 1. The van der Waals surface area contributed by atoms with Gasteiger partial charge in [0, 0.05) is 10.6 Å². The molecule has 0 aliphatic carbocycles. The number of carboxylic acids is 1. The van der Waals surface area contributed by atoms with Gasteiger partial charge in [0.15, 0.2) is 0 Å². The van der Waals surface area contributed by atoms with Crippen LogP contribution in [0.1, 0.15) is 40.7 Å². The van der Waals surface area contributed by atoms with Crippen LogP contribution in [0.15, 0.2) is 28.1 Å². The molecule has 20 heavy (non-hydrogen) atoms. The minimum Gasteiger partial charge on any atom is -0.478 e. The molecule has 0 saturated heterocycles. The van der Waals surface area contributed by atoms with Crippen LogP contribution in [0, 0.1) is 0 Å². The first-order valence-electron chi connectivity index (χ1n) is 6.19. The Morgan fingerprint density at radius 2 is 2.20 bits per heavy atom. The van der Waals surface area contributed by atoms with Crippen LogP contribution in [0.3, 0.4) is 0 Å². The quantitative estimate of drug-likeness (QED) is 0.838. The van der Waals surface area contributed by atoms with E-state index in [4.69, 9.17) is 5.11 Å². The number of aromatic nitrogens is 1. The van der Waals surface area contributed by atoms with Gasteiger partial charge in [-0.05, 0) is 46.1 Å². The van der Waals surface area contributed by atoms with Crippen LogP contribution in [0.5, 0.6) is 0 Å². The molecular weight excluding hydrogens is 340 g/mol. The van der Waals surface area contributed by atoms with Crippen LogP contribution in [0.2, 0.25) is 0 Å². The van der Waals surface area contributed by atoms with Gasteiger partial charge in [-0.1, -0.05) is 13.8 Å². The van der Waals surface area contributed by atoms with Crippen molar-refractivity contribution in [2.75, 3.05) is 5.32 Å². The molecule has 0 fully saturated rings. The van der Waals surface area contributed by atoms with E-state index in [2.05, 4.69) is 26.2 Å². The zero-order chi connectivity index (χ0) is 14.7. The van der Waals surface area contributed by atoms with Gasteiger partial charge in [-0.25, -0.2) is 9.78 Å². The second-order valence-electron chi connectivity index (χ2n) is 4.69. The maximum absolute atomic E-state index is 11.1. The van der Waals surface area contributed by atoms with Gasteiger partial charge in [0.2, 0.25) is 0 Å². The molecule has 4 nitrogen and oxygen atoms in total. The zero-order valence-corrected chi connectivity index (χ0v) is 13.6. The average molecular weight is 355 g/mol. The maximum Gasteiger partial charge on any atom is 0.335 e. The lowest BCUT2D eigenvalue weighted by atomic mass is 10.1. The molecule has 2 rings (SSSR count). The monoisotopic (exact) mass is 354 g/mol. The number of hydrogen-bond acceptors (Lipinski definition) is 4. The molecule has 2 aromatic rings. The van der Waals surface area contributed by atoms with Gasteiger partial charge in [0.1, 0.15) is 5.82 Å². The van der Waals surface area contributed by atoms with Crippen molar-refractivity contribution in [2.24, 2.45) is 0 Å². The summed E-state index contributed by atoms with van der Waals surface area (Å²) in [4.78, 5) is 16.8. The van der Waals surface area contributed by atoms with Gasteiger partial charge in [-0.3, -0.25) is 0 Å². The van der Waals surface area contributed by atoms with E-state index in [-0.39, 0.29) is 11.5 Å². The van der Waals surface area contributed by atoms with Gasteiger partial charge < -0.3 is 10.4 Å². The van der Waals surface area contributed by atoms with E-state index in [1.807, 2.05) is 26.0 Å². The van der Waals surface area contributed by atoms with Gasteiger partial charge in [-0.2, -0.15) is 0 Å². The Morgan fingerprint density at radius 1 is 1.45 bits per heavy atom. The molecule has 6 heteroatoms. The minimum absolute atomic E-state index is 0.186. The molecule has 0 saturated carbocycles. The Hall–Kier alpha value is -1.40. The summed E-state index contributed by atoms with van der Waals surface area (Å²) in [5.41, 5.74) is 1.04. The third-order valence-corrected chi connectivity index (χ3v) is 4.38. The van der Waals surface area contributed by atoms with E-state index in [1.54, 1.807) is 23.5 Å². The Morgan fingerprint density at radius 3 is 2.75 bits per heavy atom. The molecule has 0 aliphatic heterocycles. The Balaban J connectivity index is 2.19. The smallest absolute Gasteiger partial charge is 0.335 e. The molecule has 0 aromatic carbocycles. The lowest BCUT2D eigenvalue weighted by Gasteiger charge is -2.10. The summed E-state index contributed by atoms with van der Waals surface area (Å²) < 4.78 is 1.07. The van der Waals surface area contributed by atoms with E-state index in [1.165, 1.54) is 0 Å². The van der Waals surface area contributed by atoms with Crippen molar-refractivity contribution in [1.29, 1.82) is 0 Å². The molecule has 0 amide bonds. The van der Waals surface area contributed by atoms with Crippen molar-refractivity contribution in [3.05, 3.63) is 44.2 Å². The SMILES string of the molecule is CC(C)c1cc(C(=O)O)cc(NCc2ccc(Br)s2)n1. The van der Waals surface area contributed by atoms with Crippen LogP contribution in [0.25, 0.3) is 0 Å². The second-order valence-corrected chi connectivity index (χ2v) is 7.23. The third-order valence-electron chi connectivity index (χ3n) is 2.76. The number of carboxylic acid groups (broad SMARTS) is 1. The van der Waals surface area contributed by atoms with Crippen molar-refractivity contribution >= 4 is 39.1 Å². The summed E-state index contributed by atoms with van der Waals surface area (Å²) in [5.74, 6) is -0.153. The fraction of sp³-hybridized carbons (Fsp3) is 0.286. The molecule has 0 atom stereocenters. The number of rotatable bonds is 5. The predicted molar refractivity (Wildman–Crippen MR) is 84.6 cm³/mol. The largest absolute Gasteiger partial charge is 0.478 e. The first-order valence-corrected chi connectivity index (χ1v) is 7.80. The van der Waals surface area contributed by atoms with Crippen molar-refractivity contribution < 1.29 is 9.90 Å².